The lowest BCUT2D eigenvalue weighted by Crippen LogP contribution is -2.62. The smallest absolute Gasteiger partial charge is 0.326 e. The molecule has 45 heteroatoms. The fraction of sp³-hybridized carbons (Fsp3) is 0.639. The fourth-order valence-corrected chi connectivity index (χ4v) is 11.2. The van der Waals surface area contributed by atoms with Gasteiger partial charge in [0, 0.05) is 32.1 Å². The van der Waals surface area contributed by atoms with Crippen LogP contribution in [0.25, 0.3) is 0 Å². The molecule has 0 aliphatic rings. The number of aliphatic hydroxyl groups is 3. The summed E-state index contributed by atoms with van der Waals surface area (Å²) in [4.78, 5) is 263. The van der Waals surface area contributed by atoms with Crippen molar-refractivity contribution in [1.82, 2.24) is 69.1 Å². The number of carbonyl (C=O) groups excluding carboxylic acids is 14. The highest BCUT2D eigenvalue weighted by atomic mass is 16.4. The number of hydrogen-bond acceptors (Lipinski definition) is 25. The monoisotopic (exact) mass is 1670 g/mol. The van der Waals surface area contributed by atoms with E-state index >= 15 is 0 Å². The Morgan fingerprint density at radius 3 is 1.22 bits per heavy atom. The molecule has 45 nitrogen and oxygen atoms in total. The Labute approximate surface area is 672 Å². The molecule has 14 amide bonds. The van der Waals surface area contributed by atoms with Gasteiger partial charge in [-0.25, -0.2) is 4.79 Å². The topological polar surface area (TPSA) is 758 Å². The van der Waals surface area contributed by atoms with E-state index in [1.807, 2.05) is 0 Å². The number of carboxylic acid groups (broad SMARTS) is 6. The summed E-state index contributed by atoms with van der Waals surface area (Å²) in [5.41, 5.74) is 17.4. The Bertz CT molecular complexity index is 3610. The first-order valence-electron chi connectivity index (χ1n) is 37.7. The van der Waals surface area contributed by atoms with Gasteiger partial charge in [-0.15, -0.1) is 0 Å². The van der Waals surface area contributed by atoms with Crippen molar-refractivity contribution in [2.24, 2.45) is 35.0 Å². The first-order valence-corrected chi connectivity index (χ1v) is 37.7. The zero-order valence-corrected chi connectivity index (χ0v) is 66.2. The minimum Gasteiger partial charge on any atom is -0.481 e. The number of rotatable bonds is 58. The number of carbonyl (C=O) groups is 20. The maximum atomic E-state index is 14.2. The third kappa shape index (κ3) is 40.0. The quantitative estimate of drug-likeness (QED) is 0.0270. The number of primary amides is 1. The molecule has 17 atom stereocenters. The van der Waals surface area contributed by atoms with Crippen molar-refractivity contribution in [2.75, 3.05) is 13.2 Å². The molecule has 0 aliphatic heterocycles. The van der Waals surface area contributed by atoms with Gasteiger partial charge in [0.05, 0.1) is 50.2 Å². The molecule has 0 saturated carbocycles. The van der Waals surface area contributed by atoms with Crippen LogP contribution < -0.4 is 86.3 Å². The van der Waals surface area contributed by atoms with Gasteiger partial charge < -0.3 is 132 Å². The normalized spacial score (nSPS) is 15.5. The number of carboxylic acids is 6. The van der Waals surface area contributed by atoms with Gasteiger partial charge in [-0.3, -0.25) is 91.1 Å². The molecule has 28 N–H and O–H groups in total. The summed E-state index contributed by atoms with van der Waals surface area (Å²) < 4.78 is 0. The highest BCUT2D eigenvalue weighted by molar-refractivity contribution is 6.00. The summed E-state index contributed by atoms with van der Waals surface area (Å²) in [7, 11) is 0. The van der Waals surface area contributed by atoms with Gasteiger partial charge in [-0.05, 0) is 88.7 Å². The molecule has 1 unspecified atom stereocenters. The van der Waals surface area contributed by atoms with Crippen LogP contribution in [-0.2, 0) is 102 Å². The molecule has 1 aromatic carbocycles. The summed E-state index contributed by atoms with van der Waals surface area (Å²) in [5, 5.41) is 119. The molecule has 0 aliphatic carbocycles. The predicted molar refractivity (Wildman–Crippen MR) is 406 cm³/mol. The maximum absolute atomic E-state index is 14.2. The third-order valence-corrected chi connectivity index (χ3v) is 18.0. The van der Waals surface area contributed by atoms with Crippen LogP contribution in [0, 0.1) is 17.8 Å². The van der Waals surface area contributed by atoms with Gasteiger partial charge in [0.2, 0.25) is 82.7 Å². The Morgan fingerprint density at radius 2 is 0.795 bits per heavy atom. The van der Waals surface area contributed by atoms with Crippen LogP contribution in [0.15, 0.2) is 30.3 Å². The standard InChI is InChI=1S/C72H114N16O29/c1-9-35(6)58(87-65(109)43(21-25-55(100)101)79-62(106)41(19-23-53(96)97)81-71(115)59(37(8)90)88-61(105)39(74)17-13-14-26-73)70(114)85-48(32-89)68(112)80-42(20-24-54(98)99)64(108)86-57(34(4)5)69(113)83-45(29-50(75)92)67(111)82-44(27-33(2)3)49(91)31-51(93)77-46(30-56(102)103)66(110)76-36(7)60(104)78-40(18-22-52(94)95)63(107)84-47(72(116)117)28-38-15-11-10-12-16-38/h10-12,15-16,33-37,39-49,57-59,89-91H,9,13-14,17-32,73-74H2,1-8H3,(H2,75,92)(H,76,110)(H,77,93)(H,78,104)(H,79,106)(H,80,112)(H,81,115)(H,82,111)(H,83,113)(H,84,107)(H,85,114)(H,86,108)(H,87,109)(H,88,105)(H,94,95)(H,96,97)(H,98,99)(H,100,101)(H,102,103)(H,116,117)/t35-,36-,37+,39-,40-,41-,42-,43-,44?,45-,46-,47-,48-,49-,57-,58-,59-/m0/s1. The summed E-state index contributed by atoms with van der Waals surface area (Å²) in [5.74, 6) is -28.3. The van der Waals surface area contributed by atoms with E-state index in [4.69, 9.17) is 17.2 Å². The average molecular weight is 1670 g/mol. The van der Waals surface area contributed by atoms with Gasteiger partial charge in [0.1, 0.15) is 72.5 Å². The van der Waals surface area contributed by atoms with Crippen LogP contribution in [0.1, 0.15) is 164 Å². The predicted octanol–water partition coefficient (Wildman–Crippen LogP) is -7.23. The molecule has 1 aromatic rings. The Kier molecular flexibility index (Phi) is 46.7. The van der Waals surface area contributed by atoms with E-state index < -0.39 is 310 Å². The lowest BCUT2D eigenvalue weighted by atomic mass is 9.96. The molecule has 0 bridgehead atoms. The Morgan fingerprint density at radius 1 is 0.402 bits per heavy atom. The van der Waals surface area contributed by atoms with Crippen molar-refractivity contribution >= 4 is 119 Å². The van der Waals surface area contributed by atoms with Crippen LogP contribution in [0.3, 0.4) is 0 Å². The molecule has 117 heavy (non-hydrogen) atoms. The second-order valence-electron chi connectivity index (χ2n) is 28.7. The van der Waals surface area contributed by atoms with E-state index in [1.54, 1.807) is 51.1 Å². The second kappa shape index (κ2) is 52.8. The number of benzene rings is 1. The van der Waals surface area contributed by atoms with Gasteiger partial charge in [-0.1, -0.05) is 84.7 Å². The number of nitrogens with one attached hydrogen (secondary N) is 13. The fourth-order valence-electron chi connectivity index (χ4n) is 11.2. The van der Waals surface area contributed by atoms with Gasteiger partial charge in [0.15, 0.2) is 0 Å². The summed E-state index contributed by atoms with van der Waals surface area (Å²) in [6.07, 6.45) is -11.8. The van der Waals surface area contributed by atoms with Gasteiger partial charge >= 0.3 is 35.8 Å². The zero-order chi connectivity index (χ0) is 89.3. The van der Waals surface area contributed by atoms with Gasteiger partial charge in [0.25, 0.3) is 0 Å². The Hall–Kier alpha value is -11.6. The van der Waals surface area contributed by atoms with E-state index in [9.17, 15) is 142 Å². The van der Waals surface area contributed by atoms with Crippen molar-refractivity contribution in [3.8, 4) is 0 Å². The minimum atomic E-state index is -2.05. The summed E-state index contributed by atoms with van der Waals surface area (Å²) >= 11 is 0. The molecule has 0 saturated heterocycles. The second-order valence-corrected chi connectivity index (χ2v) is 28.7. The molecule has 0 radical (unpaired) electrons. The lowest BCUT2D eigenvalue weighted by Gasteiger charge is -2.30. The maximum Gasteiger partial charge on any atom is 0.326 e. The molecular formula is C72H114N16O29. The van der Waals surface area contributed by atoms with E-state index in [2.05, 4.69) is 69.1 Å². The number of aliphatic carboxylic acids is 6. The van der Waals surface area contributed by atoms with Crippen LogP contribution in [0.5, 0.6) is 0 Å². The molecule has 0 spiro atoms. The summed E-state index contributed by atoms with van der Waals surface area (Å²) in [6.45, 7) is 10.1. The first-order chi connectivity index (χ1) is 54.7. The number of hydrogen-bond donors (Lipinski definition) is 25. The van der Waals surface area contributed by atoms with E-state index in [-0.39, 0.29) is 25.7 Å². The van der Waals surface area contributed by atoms with Crippen LogP contribution in [0.2, 0.25) is 0 Å². The SMILES string of the molecule is CC[C@H](C)[C@H](NC(=O)[C@H](CCC(=O)O)NC(=O)[C@H](CCC(=O)O)NC(=O)[C@@H](NC(=O)[C@@H](N)CCCCN)[C@@H](C)O)C(=O)N[C@@H](CO)C(=O)N[C@@H](CCC(=O)O)C(=O)N[C@H](C(=O)N[C@@H](CC(N)=O)C(=O)NC(CC(C)C)[C@@H](O)CC(=O)N[C@@H](CC(=O)O)C(=O)N[C@@H](C)C(=O)N[C@@H](CCC(=O)O)C(=O)N[C@@H](Cc1ccccc1)C(=O)O)C(C)C. The van der Waals surface area contributed by atoms with E-state index in [0.29, 0.717) is 24.9 Å². The average Bonchev–Trinajstić information content (AvgIpc) is 0.857. The Balaban J connectivity index is 3.50. The van der Waals surface area contributed by atoms with E-state index in [0.717, 1.165) is 13.8 Å². The van der Waals surface area contributed by atoms with E-state index in [1.165, 1.54) is 20.8 Å². The lowest BCUT2D eigenvalue weighted by molar-refractivity contribution is -0.143. The molecule has 0 heterocycles. The number of aliphatic hydroxyl groups excluding tert-OH is 3. The van der Waals surface area contributed by atoms with Crippen molar-refractivity contribution in [3.63, 3.8) is 0 Å². The highest BCUT2D eigenvalue weighted by Crippen LogP contribution is 2.17. The van der Waals surface area contributed by atoms with Crippen molar-refractivity contribution in [3.05, 3.63) is 35.9 Å². The first kappa shape index (κ1) is 103. The number of nitrogens with two attached hydrogens (primary N) is 3. The highest BCUT2D eigenvalue weighted by Gasteiger charge is 2.40. The molecule has 0 aromatic heterocycles. The minimum absolute atomic E-state index is 0.0650. The molecule has 1 rings (SSSR count). The van der Waals surface area contributed by atoms with Crippen molar-refractivity contribution in [2.45, 2.75) is 261 Å². The number of amides is 14. The zero-order valence-electron chi connectivity index (χ0n) is 66.2. The number of unbranched alkanes of at least 4 members (excludes halogenated alkanes) is 1. The molecular weight excluding hydrogens is 1550 g/mol. The van der Waals surface area contributed by atoms with Crippen molar-refractivity contribution in [1.29, 1.82) is 0 Å². The molecule has 0 fully saturated rings. The largest absolute Gasteiger partial charge is 0.481 e. The van der Waals surface area contributed by atoms with Gasteiger partial charge in [-0.2, -0.15) is 0 Å². The van der Waals surface area contributed by atoms with Crippen LogP contribution >= 0.6 is 0 Å². The van der Waals surface area contributed by atoms with Crippen molar-refractivity contribution < 1.29 is 142 Å². The van der Waals surface area contributed by atoms with Crippen LogP contribution in [-0.4, -0.2) is 274 Å². The summed E-state index contributed by atoms with van der Waals surface area (Å²) in [6, 6.07) is -16.4. The molecule has 656 valence electrons. The van der Waals surface area contributed by atoms with Crippen LogP contribution in [0.4, 0.5) is 0 Å². The third-order valence-electron chi connectivity index (χ3n) is 18.0.